The summed E-state index contributed by atoms with van der Waals surface area (Å²) in [4.78, 5) is 11.2. The Morgan fingerprint density at radius 3 is 2.94 bits per heavy atom. The third kappa shape index (κ3) is 4.12. The van der Waals surface area contributed by atoms with E-state index in [0.29, 0.717) is 35.6 Å². The van der Waals surface area contributed by atoms with Crippen LogP contribution in [0.2, 0.25) is 0 Å². The van der Waals surface area contributed by atoms with Crippen LogP contribution >= 0.6 is 11.3 Å². The predicted octanol–water partition coefficient (Wildman–Crippen LogP) is 4.76. The Morgan fingerprint density at radius 2 is 2.13 bits per heavy atom. The van der Waals surface area contributed by atoms with Gasteiger partial charge in [-0.3, -0.25) is 5.32 Å². The summed E-state index contributed by atoms with van der Waals surface area (Å²) in [7, 11) is 0. The van der Waals surface area contributed by atoms with E-state index >= 15 is 0 Å². The van der Waals surface area contributed by atoms with Crippen molar-refractivity contribution in [2.45, 2.75) is 38.6 Å². The molecule has 0 amide bonds. The quantitative estimate of drug-likeness (QED) is 0.589. The van der Waals surface area contributed by atoms with Gasteiger partial charge in [-0.05, 0) is 51.9 Å². The number of ether oxygens (including phenoxy) is 1. The second-order valence-corrected chi connectivity index (χ2v) is 9.06. The Balaban J connectivity index is 1.36. The Labute approximate surface area is 184 Å². The van der Waals surface area contributed by atoms with Crippen LogP contribution in [0.15, 0.2) is 28.1 Å². The molecule has 5 rings (SSSR count). The van der Waals surface area contributed by atoms with E-state index in [1.807, 2.05) is 6.07 Å². The zero-order valence-corrected chi connectivity index (χ0v) is 18.5. The largest absolute Gasteiger partial charge is 0.486 e. The van der Waals surface area contributed by atoms with Gasteiger partial charge in [0.05, 0.1) is 24.1 Å². The number of nitrogens with zero attached hydrogens (tertiary/aromatic N) is 3. The van der Waals surface area contributed by atoms with Gasteiger partial charge in [0.15, 0.2) is 22.5 Å². The third-order valence-corrected chi connectivity index (χ3v) is 6.59. The van der Waals surface area contributed by atoms with Crippen molar-refractivity contribution >= 4 is 28.2 Å². The van der Waals surface area contributed by atoms with Gasteiger partial charge in [-0.2, -0.15) is 0 Å². The molecule has 31 heavy (non-hydrogen) atoms. The molecule has 3 aromatic rings. The number of hydrogen-bond acceptors (Lipinski definition) is 8. The number of piperidine rings is 1. The molecular formula is C22H26FN5O2S. The van der Waals surface area contributed by atoms with Crippen LogP contribution < -0.4 is 20.3 Å². The molecule has 1 aromatic carbocycles. The molecule has 1 fully saturated rings. The number of rotatable bonds is 5. The Bertz CT molecular complexity index is 1060. The number of hydrogen-bond donors (Lipinski definition) is 2. The van der Waals surface area contributed by atoms with Crippen molar-refractivity contribution in [3.8, 4) is 17.1 Å². The molecule has 0 radical (unpaired) electrons. The molecule has 0 spiro atoms. The summed E-state index contributed by atoms with van der Waals surface area (Å²) in [6.07, 6.45) is 3.81. The van der Waals surface area contributed by atoms with E-state index in [1.54, 1.807) is 17.5 Å². The lowest BCUT2D eigenvalue weighted by Crippen LogP contribution is -2.38. The maximum Gasteiger partial charge on any atom is 0.301 e. The molecule has 0 atom stereocenters. The first-order valence-electron chi connectivity index (χ1n) is 10.7. The summed E-state index contributed by atoms with van der Waals surface area (Å²) in [5, 5.41) is 9.37. The van der Waals surface area contributed by atoms with E-state index in [2.05, 4.69) is 39.7 Å². The normalized spacial score (nSPS) is 17.0. The van der Waals surface area contributed by atoms with Crippen molar-refractivity contribution in [2.24, 2.45) is 0 Å². The fourth-order valence-corrected chi connectivity index (χ4v) is 4.97. The van der Waals surface area contributed by atoms with Crippen molar-refractivity contribution in [1.82, 2.24) is 15.3 Å². The minimum atomic E-state index is -0.393. The molecule has 2 aromatic heterocycles. The van der Waals surface area contributed by atoms with Gasteiger partial charge < -0.3 is 19.4 Å². The zero-order valence-electron chi connectivity index (χ0n) is 17.7. The van der Waals surface area contributed by atoms with Crippen molar-refractivity contribution in [1.29, 1.82) is 0 Å². The average molecular weight is 444 g/mol. The van der Waals surface area contributed by atoms with Gasteiger partial charge in [-0.15, -0.1) is 11.3 Å². The van der Waals surface area contributed by atoms with Crippen molar-refractivity contribution in [2.75, 3.05) is 36.5 Å². The molecule has 9 heteroatoms. The van der Waals surface area contributed by atoms with E-state index < -0.39 is 5.82 Å². The maximum atomic E-state index is 14.7. The highest BCUT2D eigenvalue weighted by Crippen LogP contribution is 2.40. The predicted molar refractivity (Wildman–Crippen MR) is 120 cm³/mol. The highest BCUT2D eigenvalue weighted by atomic mass is 32.1. The molecular weight excluding hydrogens is 417 g/mol. The van der Waals surface area contributed by atoms with Crippen LogP contribution in [0.25, 0.3) is 11.3 Å². The molecule has 0 unspecified atom stereocenters. The number of aromatic nitrogens is 2. The van der Waals surface area contributed by atoms with E-state index in [4.69, 9.17) is 14.1 Å². The highest BCUT2D eigenvalue weighted by Gasteiger charge is 2.25. The molecule has 2 aliphatic rings. The van der Waals surface area contributed by atoms with Gasteiger partial charge in [0.2, 0.25) is 0 Å². The summed E-state index contributed by atoms with van der Waals surface area (Å²) in [5.74, 6) is 0.900. The first kappa shape index (κ1) is 20.3. The Kier molecular flexibility index (Phi) is 5.54. The number of oxazole rings is 1. The van der Waals surface area contributed by atoms with Gasteiger partial charge in [-0.1, -0.05) is 0 Å². The van der Waals surface area contributed by atoms with Crippen LogP contribution in [0, 0.1) is 5.82 Å². The third-order valence-electron chi connectivity index (χ3n) is 5.82. The van der Waals surface area contributed by atoms with Gasteiger partial charge in [0, 0.05) is 22.9 Å². The summed E-state index contributed by atoms with van der Waals surface area (Å²) < 4.78 is 26.2. The summed E-state index contributed by atoms with van der Waals surface area (Å²) in [6.45, 7) is 7.44. The number of thiazole rings is 1. The molecule has 1 saturated heterocycles. The van der Waals surface area contributed by atoms with Crippen LogP contribution in [0.1, 0.15) is 38.3 Å². The number of anilines is 3. The zero-order chi connectivity index (χ0) is 21.4. The second kappa shape index (κ2) is 8.47. The van der Waals surface area contributed by atoms with E-state index in [0.717, 1.165) is 49.0 Å². The number of nitrogens with one attached hydrogen (secondary N) is 2. The molecule has 7 nitrogen and oxygen atoms in total. The fourth-order valence-electron chi connectivity index (χ4n) is 4.19. The highest BCUT2D eigenvalue weighted by molar-refractivity contribution is 7.13. The van der Waals surface area contributed by atoms with E-state index in [1.165, 1.54) is 6.07 Å². The number of halogens is 1. The standard InChI is InChI=1S/C22H26FN5O2S/c1-13(2)28-7-8-29-20-16(23)9-15(10-18(20)28)19-11-25-21(30-19)27-22-26-17(12-31-22)14-3-5-24-6-4-14/h9-14,24H,3-8H2,1-2H3,(H,25,26,27). The first-order valence-corrected chi connectivity index (χ1v) is 11.6. The molecule has 164 valence electrons. The van der Waals surface area contributed by atoms with Crippen LogP contribution in [0.4, 0.5) is 21.2 Å². The van der Waals surface area contributed by atoms with Gasteiger partial charge in [-0.25, -0.2) is 14.4 Å². The molecule has 0 bridgehead atoms. The Morgan fingerprint density at radius 1 is 1.29 bits per heavy atom. The first-order chi connectivity index (χ1) is 15.1. The second-order valence-electron chi connectivity index (χ2n) is 8.20. The molecule has 2 aliphatic heterocycles. The van der Waals surface area contributed by atoms with Crippen LogP contribution in [-0.4, -0.2) is 42.3 Å². The molecule has 0 aliphatic carbocycles. The van der Waals surface area contributed by atoms with Crippen LogP contribution in [0.3, 0.4) is 0 Å². The smallest absolute Gasteiger partial charge is 0.301 e. The van der Waals surface area contributed by atoms with Gasteiger partial charge in [0.25, 0.3) is 0 Å². The minimum Gasteiger partial charge on any atom is -0.486 e. The van der Waals surface area contributed by atoms with Crippen molar-refractivity contribution in [3.63, 3.8) is 0 Å². The molecule has 0 saturated carbocycles. The maximum absolute atomic E-state index is 14.7. The van der Waals surface area contributed by atoms with Gasteiger partial charge >= 0.3 is 6.01 Å². The van der Waals surface area contributed by atoms with E-state index in [-0.39, 0.29) is 6.04 Å². The lowest BCUT2D eigenvalue weighted by Gasteiger charge is -2.34. The average Bonchev–Trinajstić information content (AvgIpc) is 3.44. The summed E-state index contributed by atoms with van der Waals surface area (Å²) in [5.41, 5.74) is 2.49. The molecule has 2 N–H and O–H groups in total. The topological polar surface area (TPSA) is 75.5 Å². The van der Waals surface area contributed by atoms with Crippen molar-refractivity contribution in [3.05, 3.63) is 35.2 Å². The fraction of sp³-hybridized carbons (Fsp3) is 0.455. The number of fused-ring (bicyclic) bond motifs is 1. The Hall–Kier alpha value is -2.65. The monoisotopic (exact) mass is 443 g/mol. The number of benzene rings is 1. The van der Waals surface area contributed by atoms with Gasteiger partial charge in [0.1, 0.15) is 6.61 Å². The molecule has 4 heterocycles. The summed E-state index contributed by atoms with van der Waals surface area (Å²) >= 11 is 1.54. The summed E-state index contributed by atoms with van der Waals surface area (Å²) in [6, 6.07) is 3.92. The minimum absolute atomic E-state index is 0.239. The van der Waals surface area contributed by atoms with Crippen LogP contribution in [-0.2, 0) is 0 Å². The van der Waals surface area contributed by atoms with Crippen LogP contribution in [0.5, 0.6) is 5.75 Å². The lowest BCUT2D eigenvalue weighted by atomic mass is 9.96. The SMILES string of the molecule is CC(C)N1CCOc2c(F)cc(-c3cnc(Nc4nc(C5CCNCC5)cs4)o3)cc21. The van der Waals surface area contributed by atoms with E-state index in [9.17, 15) is 4.39 Å². The lowest BCUT2D eigenvalue weighted by molar-refractivity contribution is 0.287. The van der Waals surface area contributed by atoms with Crippen molar-refractivity contribution < 1.29 is 13.5 Å².